The van der Waals surface area contributed by atoms with Crippen LogP contribution in [-0.4, -0.2) is 41.8 Å². The van der Waals surface area contributed by atoms with E-state index in [2.05, 4.69) is 0 Å². The van der Waals surface area contributed by atoms with Gasteiger partial charge in [-0.3, -0.25) is 4.79 Å². The van der Waals surface area contributed by atoms with Crippen LogP contribution in [0.1, 0.15) is 25.7 Å². The van der Waals surface area contributed by atoms with Gasteiger partial charge in [-0.25, -0.2) is 4.39 Å². The molecule has 0 aromatic carbocycles. The van der Waals surface area contributed by atoms with E-state index >= 15 is 0 Å². The molecule has 1 N–H and O–H groups in total. The SMILES string of the molecule is O=C(O)CCN1CCCC(F)CC1. The van der Waals surface area contributed by atoms with Crippen LogP contribution >= 0.6 is 0 Å². The minimum Gasteiger partial charge on any atom is -0.481 e. The number of carboxylic acid groups (broad SMARTS) is 1. The number of aliphatic carboxylic acids is 1. The summed E-state index contributed by atoms with van der Waals surface area (Å²) in [4.78, 5) is 12.3. The summed E-state index contributed by atoms with van der Waals surface area (Å²) in [6.45, 7) is 2.10. The van der Waals surface area contributed by atoms with Gasteiger partial charge in [-0.05, 0) is 25.8 Å². The third-order valence-electron chi connectivity index (χ3n) is 2.39. The van der Waals surface area contributed by atoms with Gasteiger partial charge in [0.05, 0.1) is 6.42 Å². The van der Waals surface area contributed by atoms with Gasteiger partial charge in [-0.1, -0.05) is 0 Å². The lowest BCUT2D eigenvalue weighted by Crippen LogP contribution is -2.27. The van der Waals surface area contributed by atoms with Gasteiger partial charge in [-0.2, -0.15) is 0 Å². The van der Waals surface area contributed by atoms with Crippen molar-refractivity contribution in [2.45, 2.75) is 31.9 Å². The van der Waals surface area contributed by atoms with Crippen molar-refractivity contribution in [3.8, 4) is 0 Å². The third kappa shape index (κ3) is 4.22. The Hall–Kier alpha value is -0.640. The fraction of sp³-hybridized carbons (Fsp3) is 0.889. The van der Waals surface area contributed by atoms with Crippen LogP contribution < -0.4 is 0 Å². The fourth-order valence-corrected chi connectivity index (χ4v) is 1.59. The van der Waals surface area contributed by atoms with E-state index in [1.54, 1.807) is 0 Å². The molecular formula is C9H16FNO2. The Morgan fingerprint density at radius 1 is 1.46 bits per heavy atom. The molecule has 1 unspecified atom stereocenters. The molecule has 0 spiro atoms. The molecule has 0 saturated carbocycles. The Kier molecular flexibility index (Phi) is 4.15. The van der Waals surface area contributed by atoms with Crippen LogP contribution in [0.25, 0.3) is 0 Å². The Bertz CT molecular complexity index is 175. The molecule has 3 nitrogen and oxygen atoms in total. The Morgan fingerprint density at radius 3 is 2.92 bits per heavy atom. The second kappa shape index (κ2) is 5.17. The summed E-state index contributed by atoms with van der Waals surface area (Å²) >= 11 is 0. The molecule has 0 aliphatic carbocycles. The third-order valence-corrected chi connectivity index (χ3v) is 2.39. The number of carboxylic acids is 1. The monoisotopic (exact) mass is 189 g/mol. The van der Waals surface area contributed by atoms with Crippen molar-refractivity contribution in [3.05, 3.63) is 0 Å². The summed E-state index contributed by atoms with van der Waals surface area (Å²) < 4.78 is 12.9. The van der Waals surface area contributed by atoms with E-state index in [4.69, 9.17) is 5.11 Å². The lowest BCUT2D eigenvalue weighted by atomic mass is 10.2. The highest BCUT2D eigenvalue weighted by Gasteiger charge is 2.16. The van der Waals surface area contributed by atoms with Gasteiger partial charge in [0, 0.05) is 13.1 Å². The van der Waals surface area contributed by atoms with Crippen LogP contribution in [0.4, 0.5) is 4.39 Å². The second-order valence-electron chi connectivity index (χ2n) is 3.51. The largest absolute Gasteiger partial charge is 0.481 e. The molecular weight excluding hydrogens is 173 g/mol. The Morgan fingerprint density at radius 2 is 2.23 bits per heavy atom. The Balaban J connectivity index is 2.22. The summed E-state index contributed by atoms with van der Waals surface area (Å²) in [5, 5.41) is 8.47. The van der Waals surface area contributed by atoms with Crippen LogP contribution in [0.5, 0.6) is 0 Å². The molecule has 0 aromatic heterocycles. The maximum absolute atomic E-state index is 12.9. The lowest BCUT2D eigenvalue weighted by Gasteiger charge is -2.17. The standard InChI is InChI=1S/C9H16FNO2/c10-8-2-1-5-11(6-3-8)7-4-9(12)13/h8H,1-7H2,(H,12,13). The van der Waals surface area contributed by atoms with Crippen LogP contribution in [0.3, 0.4) is 0 Å². The van der Waals surface area contributed by atoms with Crippen LogP contribution in [0.2, 0.25) is 0 Å². The molecule has 0 aromatic rings. The number of nitrogens with zero attached hydrogens (tertiary/aromatic N) is 1. The van der Waals surface area contributed by atoms with Gasteiger partial charge in [-0.15, -0.1) is 0 Å². The normalized spacial score (nSPS) is 25.5. The number of hydrogen-bond donors (Lipinski definition) is 1. The molecule has 1 rings (SSSR count). The van der Waals surface area contributed by atoms with Gasteiger partial charge in [0.25, 0.3) is 0 Å². The van der Waals surface area contributed by atoms with Crippen LogP contribution in [-0.2, 0) is 4.79 Å². The van der Waals surface area contributed by atoms with Gasteiger partial charge >= 0.3 is 5.97 Å². The van der Waals surface area contributed by atoms with Crippen molar-refractivity contribution in [2.24, 2.45) is 0 Å². The summed E-state index contributed by atoms with van der Waals surface area (Å²) in [6.07, 6.45) is 1.51. The summed E-state index contributed by atoms with van der Waals surface area (Å²) in [5.74, 6) is -0.777. The first-order valence-corrected chi connectivity index (χ1v) is 4.76. The highest BCUT2D eigenvalue weighted by molar-refractivity contribution is 5.66. The Labute approximate surface area is 77.5 Å². The molecule has 4 heteroatoms. The number of rotatable bonds is 3. The molecule has 1 atom stereocenters. The van der Waals surface area contributed by atoms with E-state index in [1.807, 2.05) is 4.90 Å². The van der Waals surface area contributed by atoms with Crippen LogP contribution in [0.15, 0.2) is 0 Å². The molecule has 1 heterocycles. The van der Waals surface area contributed by atoms with E-state index < -0.39 is 12.1 Å². The predicted molar refractivity (Wildman–Crippen MR) is 47.4 cm³/mol. The van der Waals surface area contributed by atoms with Crippen molar-refractivity contribution in [2.75, 3.05) is 19.6 Å². The number of alkyl halides is 1. The number of halogens is 1. The molecule has 13 heavy (non-hydrogen) atoms. The van der Waals surface area contributed by atoms with Gasteiger partial charge in [0.2, 0.25) is 0 Å². The van der Waals surface area contributed by atoms with Gasteiger partial charge in [0.15, 0.2) is 0 Å². The molecule has 0 radical (unpaired) electrons. The number of hydrogen-bond acceptors (Lipinski definition) is 2. The van der Waals surface area contributed by atoms with Crippen molar-refractivity contribution < 1.29 is 14.3 Å². The predicted octanol–water partition coefficient (Wildman–Crippen LogP) is 1.29. The number of carbonyl (C=O) groups is 1. The summed E-state index contributed by atoms with van der Waals surface area (Å²) in [6, 6.07) is 0. The molecule has 0 amide bonds. The molecule has 0 bridgehead atoms. The van der Waals surface area contributed by atoms with E-state index in [9.17, 15) is 9.18 Å². The molecule has 1 aliphatic heterocycles. The zero-order chi connectivity index (χ0) is 9.68. The van der Waals surface area contributed by atoms with Crippen molar-refractivity contribution in [3.63, 3.8) is 0 Å². The summed E-state index contributed by atoms with van der Waals surface area (Å²) in [7, 11) is 0. The van der Waals surface area contributed by atoms with E-state index in [-0.39, 0.29) is 6.42 Å². The first-order chi connectivity index (χ1) is 6.18. The van der Waals surface area contributed by atoms with E-state index in [1.165, 1.54) is 0 Å². The zero-order valence-corrected chi connectivity index (χ0v) is 7.71. The molecule has 1 saturated heterocycles. The van der Waals surface area contributed by atoms with Gasteiger partial charge in [0.1, 0.15) is 6.17 Å². The van der Waals surface area contributed by atoms with E-state index in [0.717, 1.165) is 13.0 Å². The average Bonchev–Trinajstić information content (AvgIpc) is 2.27. The zero-order valence-electron chi connectivity index (χ0n) is 7.71. The lowest BCUT2D eigenvalue weighted by molar-refractivity contribution is -0.137. The fourth-order valence-electron chi connectivity index (χ4n) is 1.59. The van der Waals surface area contributed by atoms with Crippen molar-refractivity contribution in [1.29, 1.82) is 0 Å². The quantitative estimate of drug-likeness (QED) is 0.727. The smallest absolute Gasteiger partial charge is 0.304 e. The minimum absolute atomic E-state index is 0.164. The summed E-state index contributed by atoms with van der Waals surface area (Å²) in [5.41, 5.74) is 0. The maximum Gasteiger partial charge on any atom is 0.304 e. The minimum atomic E-state index is -0.777. The average molecular weight is 189 g/mol. The van der Waals surface area contributed by atoms with Gasteiger partial charge < -0.3 is 10.0 Å². The molecule has 1 aliphatic rings. The molecule has 1 fully saturated rings. The number of likely N-dealkylation sites (tertiary alicyclic amines) is 1. The van der Waals surface area contributed by atoms with Crippen LogP contribution in [0, 0.1) is 0 Å². The topological polar surface area (TPSA) is 40.5 Å². The highest BCUT2D eigenvalue weighted by atomic mass is 19.1. The molecule has 76 valence electrons. The first-order valence-electron chi connectivity index (χ1n) is 4.76. The van der Waals surface area contributed by atoms with Crippen molar-refractivity contribution in [1.82, 2.24) is 4.90 Å². The second-order valence-corrected chi connectivity index (χ2v) is 3.51. The van der Waals surface area contributed by atoms with Crippen molar-refractivity contribution >= 4 is 5.97 Å². The first kappa shape index (κ1) is 10.4. The van der Waals surface area contributed by atoms with E-state index in [0.29, 0.717) is 25.9 Å². The highest BCUT2D eigenvalue weighted by Crippen LogP contribution is 2.13. The maximum atomic E-state index is 12.9.